The van der Waals surface area contributed by atoms with E-state index >= 15 is 0 Å². The number of rotatable bonds is 10. The number of hydrogen-bond acceptors (Lipinski definition) is 5. The zero-order valence-electron chi connectivity index (χ0n) is 16.2. The SMILES string of the molecule is CCCCOC(OCCCC)c1ccc(OC(=O)OC(C)(C)C)cc1. The lowest BCUT2D eigenvalue weighted by atomic mass is 10.2. The summed E-state index contributed by atoms with van der Waals surface area (Å²) in [6, 6.07) is 7.14. The molecular formula is C20H32O5. The Kier molecular flexibility index (Phi) is 9.53. The van der Waals surface area contributed by atoms with Crippen LogP contribution in [0.3, 0.4) is 0 Å². The summed E-state index contributed by atoms with van der Waals surface area (Å²) in [4.78, 5) is 11.7. The van der Waals surface area contributed by atoms with Gasteiger partial charge in [0.15, 0.2) is 6.29 Å². The van der Waals surface area contributed by atoms with Crippen molar-refractivity contribution in [3.05, 3.63) is 29.8 Å². The lowest BCUT2D eigenvalue weighted by molar-refractivity contribution is -0.148. The fourth-order valence-corrected chi connectivity index (χ4v) is 1.97. The zero-order valence-corrected chi connectivity index (χ0v) is 16.2. The summed E-state index contributed by atoms with van der Waals surface area (Å²) in [6.07, 6.45) is 3.03. The van der Waals surface area contributed by atoms with Gasteiger partial charge in [0.25, 0.3) is 0 Å². The molecule has 0 saturated carbocycles. The highest BCUT2D eigenvalue weighted by Gasteiger charge is 2.18. The highest BCUT2D eigenvalue weighted by atomic mass is 16.7. The average Bonchev–Trinajstić information content (AvgIpc) is 2.53. The molecular weight excluding hydrogens is 320 g/mol. The van der Waals surface area contributed by atoms with E-state index in [2.05, 4.69) is 13.8 Å². The van der Waals surface area contributed by atoms with Crippen molar-refractivity contribution in [3.8, 4) is 5.75 Å². The second-order valence-corrected chi connectivity index (χ2v) is 6.92. The second kappa shape index (κ2) is 11.1. The summed E-state index contributed by atoms with van der Waals surface area (Å²) in [5, 5.41) is 0. The summed E-state index contributed by atoms with van der Waals surface area (Å²) in [6.45, 7) is 10.9. The molecule has 0 N–H and O–H groups in total. The molecule has 142 valence electrons. The number of carbonyl (C=O) groups is 1. The minimum absolute atomic E-state index is 0.395. The molecule has 0 aliphatic carbocycles. The standard InChI is InChI=1S/C20H32O5/c1-6-8-14-22-18(23-15-9-7-2)16-10-12-17(13-11-16)24-19(21)25-20(3,4)5/h10-13,18H,6-9,14-15H2,1-5H3. The molecule has 0 unspecified atom stereocenters. The monoisotopic (exact) mass is 352 g/mol. The van der Waals surface area contributed by atoms with Crippen LogP contribution >= 0.6 is 0 Å². The molecule has 0 aliphatic rings. The molecule has 0 amide bonds. The normalized spacial score (nSPS) is 11.6. The Bertz CT molecular complexity index is 480. The van der Waals surface area contributed by atoms with Gasteiger partial charge >= 0.3 is 6.16 Å². The molecule has 25 heavy (non-hydrogen) atoms. The second-order valence-electron chi connectivity index (χ2n) is 6.92. The molecule has 0 saturated heterocycles. The lowest BCUT2D eigenvalue weighted by Crippen LogP contribution is -2.25. The van der Waals surface area contributed by atoms with Gasteiger partial charge in [0, 0.05) is 5.56 Å². The van der Waals surface area contributed by atoms with E-state index in [1.807, 2.05) is 12.1 Å². The molecule has 5 heteroatoms. The summed E-state index contributed by atoms with van der Waals surface area (Å²) in [5.41, 5.74) is 0.325. The van der Waals surface area contributed by atoms with Crippen molar-refractivity contribution in [1.82, 2.24) is 0 Å². The van der Waals surface area contributed by atoms with Gasteiger partial charge in [-0.15, -0.1) is 0 Å². The van der Waals surface area contributed by atoms with Crippen molar-refractivity contribution in [2.45, 2.75) is 72.2 Å². The Morgan fingerprint density at radius 2 is 1.48 bits per heavy atom. The third-order valence-electron chi connectivity index (χ3n) is 3.28. The van der Waals surface area contributed by atoms with Crippen molar-refractivity contribution in [2.75, 3.05) is 13.2 Å². The van der Waals surface area contributed by atoms with Gasteiger partial charge in [-0.3, -0.25) is 0 Å². The smallest absolute Gasteiger partial charge is 0.428 e. The summed E-state index contributed by atoms with van der Waals surface area (Å²) in [5.74, 6) is 0.430. The lowest BCUT2D eigenvalue weighted by Gasteiger charge is -2.20. The zero-order chi connectivity index (χ0) is 18.7. The maximum Gasteiger partial charge on any atom is 0.514 e. The van der Waals surface area contributed by atoms with Crippen molar-refractivity contribution in [1.29, 1.82) is 0 Å². The molecule has 1 aromatic carbocycles. The summed E-state index contributed by atoms with van der Waals surface area (Å²) in [7, 11) is 0. The van der Waals surface area contributed by atoms with Gasteiger partial charge in [0.1, 0.15) is 11.4 Å². The first-order valence-corrected chi connectivity index (χ1v) is 9.09. The van der Waals surface area contributed by atoms with Gasteiger partial charge in [-0.1, -0.05) is 38.8 Å². The highest BCUT2D eigenvalue weighted by Crippen LogP contribution is 2.23. The number of unbranched alkanes of at least 4 members (excludes halogenated alkanes) is 2. The van der Waals surface area contributed by atoms with Crippen molar-refractivity contribution < 1.29 is 23.7 Å². The molecule has 0 spiro atoms. The van der Waals surface area contributed by atoms with Crippen LogP contribution in [0.15, 0.2) is 24.3 Å². The van der Waals surface area contributed by atoms with E-state index in [-0.39, 0.29) is 0 Å². The van der Waals surface area contributed by atoms with E-state index in [9.17, 15) is 4.79 Å². The van der Waals surface area contributed by atoms with E-state index in [0.717, 1.165) is 31.2 Å². The van der Waals surface area contributed by atoms with Crippen molar-refractivity contribution in [3.63, 3.8) is 0 Å². The molecule has 0 radical (unpaired) electrons. The van der Waals surface area contributed by atoms with Gasteiger partial charge in [0.2, 0.25) is 0 Å². The number of hydrogen-bond donors (Lipinski definition) is 0. The first-order chi connectivity index (χ1) is 11.9. The van der Waals surface area contributed by atoms with Crippen LogP contribution in [0, 0.1) is 0 Å². The van der Waals surface area contributed by atoms with Gasteiger partial charge < -0.3 is 18.9 Å². The molecule has 1 rings (SSSR count). The van der Waals surface area contributed by atoms with Crippen LogP contribution in [-0.2, 0) is 14.2 Å². The number of benzene rings is 1. The molecule has 5 nitrogen and oxygen atoms in total. The maximum atomic E-state index is 11.7. The molecule has 0 atom stereocenters. The van der Waals surface area contributed by atoms with E-state index < -0.39 is 18.0 Å². The predicted octanol–water partition coefficient (Wildman–Crippen LogP) is 5.63. The molecule has 1 aromatic rings. The van der Waals surface area contributed by atoms with Crippen LogP contribution in [0.25, 0.3) is 0 Å². The Morgan fingerprint density at radius 3 is 1.92 bits per heavy atom. The third-order valence-corrected chi connectivity index (χ3v) is 3.28. The van der Waals surface area contributed by atoms with Crippen LogP contribution in [0.1, 0.15) is 72.2 Å². The van der Waals surface area contributed by atoms with Crippen LogP contribution in [0.2, 0.25) is 0 Å². The van der Waals surface area contributed by atoms with Crippen molar-refractivity contribution in [2.24, 2.45) is 0 Å². The van der Waals surface area contributed by atoms with Gasteiger partial charge in [0.05, 0.1) is 13.2 Å². The topological polar surface area (TPSA) is 54.0 Å². The quantitative estimate of drug-likeness (QED) is 0.236. The van der Waals surface area contributed by atoms with E-state index in [0.29, 0.717) is 19.0 Å². The third kappa shape index (κ3) is 9.46. The number of ether oxygens (including phenoxy) is 4. The largest absolute Gasteiger partial charge is 0.514 e. The minimum Gasteiger partial charge on any atom is -0.428 e. The first-order valence-electron chi connectivity index (χ1n) is 9.09. The van der Waals surface area contributed by atoms with Crippen LogP contribution in [0.4, 0.5) is 4.79 Å². The fourth-order valence-electron chi connectivity index (χ4n) is 1.97. The maximum absolute atomic E-state index is 11.7. The van der Waals surface area contributed by atoms with Gasteiger partial charge in [-0.2, -0.15) is 0 Å². The Balaban J connectivity index is 2.65. The summed E-state index contributed by atoms with van der Waals surface area (Å²) >= 11 is 0. The van der Waals surface area contributed by atoms with Crippen LogP contribution in [-0.4, -0.2) is 25.0 Å². The number of carbonyl (C=O) groups excluding carboxylic acids is 1. The minimum atomic E-state index is -0.713. The Morgan fingerprint density at radius 1 is 0.960 bits per heavy atom. The van der Waals surface area contributed by atoms with E-state index in [4.69, 9.17) is 18.9 Å². The highest BCUT2D eigenvalue weighted by molar-refractivity contribution is 5.64. The fraction of sp³-hybridized carbons (Fsp3) is 0.650. The van der Waals surface area contributed by atoms with Crippen molar-refractivity contribution >= 4 is 6.16 Å². The molecule has 0 heterocycles. The average molecular weight is 352 g/mol. The molecule has 0 aliphatic heterocycles. The van der Waals surface area contributed by atoms with Crippen LogP contribution in [0.5, 0.6) is 5.75 Å². The Labute approximate surface area is 151 Å². The van der Waals surface area contributed by atoms with Crippen LogP contribution < -0.4 is 4.74 Å². The van der Waals surface area contributed by atoms with E-state index in [1.54, 1.807) is 32.9 Å². The van der Waals surface area contributed by atoms with E-state index in [1.165, 1.54) is 0 Å². The molecule has 0 bridgehead atoms. The first kappa shape index (κ1) is 21.5. The predicted molar refractivity (Wildman–Crippen MR) is 97.8 cm³/mol. The van der Waals surface area contributed by atoms with Gasteiger partial charge in [-0.05, 0) is 45.7 Å². The Hall–Kier alpha value is -1.59. The molecule has 0 aromatic heterocycles. The van der Waals surface area contributed by atoms with Gasteiger partial charge in [-0.25, -0.2) is 4.79 Å². The molecule has 0 fully saturated rings. The summed E-state index contributed by atoms with van der Waals surface area (Å²) < 4.78 is 22.0.